The molecule has 1 amide bonds. The molecule has 1 N–H and O–H groups in total. The highest BCUT2D eigenvalue weighted by Crippen LogP contribution is 2.31. The molecule has 1 aliphatic heterocycles. The lowest BCUT2D eigenvalue weighted by Crippen LogP contribution is -2.51. The molecular formula is C17H26N4O. The number of rotatable bonds is 5. The van der Waals surface area contributed by atoms with E-state index in [2.05, 4.69) is 26.9 Å². The summed E-state index contributed by atoms with van der Waals surface area (Å²) in [4.78, 5) is 14.6. The molecule has 2 rings (SSSR count). The van der Waals surface area contributed by atoms with Crippen LogP contribution in [0.5, 0.6) is 0 Å². The van der Waals surface area contributed by atoms with E-state index in [1.807, 2.05) is 33.2 Å². The lowest BCUT2D eigenvalue weighted by molar-refractivity contribution is -0.124. The molecule has 120 valence electrons. The zero-order chi connectivity index (χ0) is 16.3. The van der Waals surface area contributed by atoms with Crippen molar-refractivity contribution >= 4 is 5.91 Å². The van der Waals surface area contributed by atoms with E-state index in [0.29, 0.717) is 6.54 Å². The van der Waals surface area contributed by atoms with Crippen LogP contribution in [-0.2, 0) is 11.8 Å². The Bertz CT molecular complexity index is 571. The number of amides is 1. The minimum atomic E-state index is -0.808. The van der Waals surface area contributed by atoms with Gasteiger partial charge in [-0.3, -0.25) is 9.69 Å². The third-order valence-electron chi connectivity index (χ3n) is 4.82. The highest BCUT2D eigenvalue weighted by Gasteiger charge is 2.33. The van der Waals surface area contributed by atoms with E-state index < -0.39 is 5.54 Å². The summed E-state index contributed by atoms with van der Waals surface area (Å²) in [7, 11) is 2.04. The molecule has 5 heteroatoms. The molecule has 1 aromatic rings. The van der Waals surface area contributed by atoms with Crippen LogP contribution in [0.2, 0.25) is 0 Å². The average Bonchev–Trinajstić information content (AvgIpc) is 3.06. The fourth-order valence-corrected chi connectivity index (χ4v) is 2.99. The molecule has 0 saturated carbocycles. The highest BCUT2D eigenvalue weighted by molar-refractivity contribution is 5.79. The normalized spacial score (nSPS) is 21.5. The van der Waals surface area contributed by atoms with Gasteiger partial charge in [0.15, 0.2) is 0 Å². The molecule has 1 aromatic heterocycles. The maximum Gasteiger partial charge on any atom is 0.235 e. The Kier molecular flexibility index (Phi) is 4.92. The molecular weight excluding hydrogens is 276 g/mol. The van der Waals surface area contributed by atoms with Crippen molar-refractivity contribution in [3.05, 3.63) is 24.0 Å². The van der Waals surface area contributed by atoms with Crippen molar-refractivity contribution in [3.8, 4) is 6.07 Å². The Balaban J connectivity index is 2.02. The summed E-state index contributed by atoms with van der Waals surface area (Å²) in [5.41, 5.74) is 0.439. The highest BCUT2D eigenvalue weighted by atomic mass is 16.2. The summed E-state index contributed by atoms with van der Waals surface area (Å²) in [6.45, 7) is 6.96. The van der Waals surface area contributed by atoms with E-state index in [1.54, 1.807) is 6.92 Å². The number of nitrogens with zero attached hydrogens (tertiary/aromatic N) is 3. The monoisotopic (exact) mass is 302 g/mol. The van der Waals surface area contributed by atoms with Crippen LogP contribution in [0, 0.1) is 17.2 Å². The third kappa shape index (κ3) is 3.33. The summed E-state index contributed by atoms with van der Waals surface area (Å²) < 4.78 is 2.12. The zero-order valence-corrected chi connectivity index (χ0v) is 14.0. The molecule has 5 nitrogen and oxygen atoms in total. The Labute approximate surface area is 132 Å². The number of nitriles is 1. The minimum Gasteiger partial charge on any atom is -0.353 e. The third-order valence-corrected chi connectivity index (χ3v) is 4.82. The lowest BCUT2D eigenvalue weighted by Gasteiger charge is -2.30. The number of hydrogen-bond donors (Lipinski definition) is 1. The first-order valence-electron chi connectivity index (χ1n) is 7.95. The second kappa shape index (κ2) is 6.53. The van der Waals surface area contributed by atoms with Gasteiger partial charge in [-0.2, -0.15) is 5.26 Å². The molecule has 0 spiro atoms. The number of aromatic nitrogens is 1. The zero-order valence-electron chi connectivity index (χ0n) is 14.0. The number of aryl methyl sites for hydroxylation is 1. The van der Waals surface area contributed by atoms with Crippen LogP contribution in [0.4, 0.5) is 0 Å². The second-order valence-electron chi connectivity index (χ2n) is 6.69. The van der Waals surface area contributed by atoms with Gasteiger partial charge in [-0.1, -0.05) is 13.8 Å². The fourth-order valence-electron chi connectivity index (χ4n) is 2.99. The van der Waals surface area contributed by atoms with Crippen LogP contribution < -0.4 is 5.32 Å². The van der Waals surface area contributed by atoms with Gasteiger partial charge in [0.1, 0.15) is 5.54 Å². The molecule has 1 fully saturated rings. The minimum absolute atomic E-state index is 0.0705. The van der Waals surface area contributed by atoms with Crippen LogP contribution in [-0.4, -0.2) is 34.0 Å². The van der Waals surface area contributed by atoms with Crippen molar-refractivity contribution in [1.29, 1.82) is 5.26 Å². The first kappa shape index (κ1) is 16.6. The van der Waals surface area contributed by atoms with Gasteiger partial charge in [-0.25, -0.2) is 0 Å². The van der Waals surface area contributed by atoms with Crippen molar-refractivity contribution in [2.75, 3.05) is 13.1 Å². The average molecular weight is 302 g/mol. The maximum absolute atomic E-state index is 12.4. The van der Waals surface area contributed by atoms with E-state index in [-0.39, 0.29) is 17.9 Å². The summed E-state index contributed by atoms with van der Waals surface area (Å²) in [6, 6.07) is 6.68. The number of carbonyl (C=O) groups is 1. The Morgan fingerprint density at radius 2 is 2.32 bits per heavy atom. The maximum atomic E-state index is 12.4. The van der Waals surface area contributed by atoms with Crippen molar-refractivity contribution in [2.45, 2.75) is 45.2 Å². The Hall–Kier alpha value is -1.80. The molecule has 0 bridgehead atoms. The molecule has 2 atom stereocenters. The summed E-state index contributed by atoms with van der Waals surface area (Å²) in [5, 5.41) is 12.2. The number of hydrogen-bond acceptors (Lipinski definition) is 3. The summed E-state index contributed by atoms with van der Waals surface area (Å²) in [5.74, 6) is 0.00237. The number of nitrogens with one attached hydrogen (secondary N) is 1. The van der Waals surface area contributed by atoms with Gasteiger partial charge in [0.2, 0.25) is 5.91 Å². The van der Waals surface area contributed by atoms with Crippen LogP contribution in [0.3, 0.4) is 0 Å². The first-order valence-corrected chi connectivity index (χ1v) is 7.95. The van der Waals surface area contributed by atoms with E-state index in [1.165, 1.54) is 5.69 Å². The van der Waals surface area contributed by atoms with Crippen molar-refractivity contribution < 1.29 is 4.79 Å². The SMILES string of the molecule is CC(C)[C@](C)(C#N)NC(=O)CN1CCC[C@@H]1c1cccn1C. The number of likely N-dealkylation sites (tertiary alicyclic amines) is 1. The van der Waals surface area contributed by atoms with Crippen molar-refractivity contribution in [2.24, 2.45) is 13.0 Å². The smallest absolute Gasteiger partial charge is 0.235 e. The fraction of sp³-hybridized carbons (Fsp3) is 0.647. The van der Waals surface area contributed by atoms with Gasteiger partial charge in [-0.15, -0.1) is 0 Å². The Morgan fingerprint density at radius 1 is 1.59 bits per heavy atom. The topological polar surface area (TPSA) is 61.1 Å². The molecule has 22 heavy (non-hydrogen) atoms. The molecule has 0 unspecified atom stereocenters. The van der Waals surface area contributed by atoms with Gasteiger partial charge in [0.25, 0.3) is 0 Å². The van der Waals surface area contributed by atoms with Gasteiger partial charge < -0.3 is 9.88 Å². The van der Waals surface area contributed by atoms with Gasteiger partial charge >= 0.3 is 0 Å². The number of carbonyl (C=O) groups excluding carboxylic acids is 1. The first-order chi connectivity index (χ1) is 10.4. The van der Waals surface area contributed by atoms with E-state index in [0.717, 1.165) is 19.4 Å². The van der Waals surface area contributed by atoms with E-state index >= 15 is 0 Å². The van der Waals surface area contributed by atoms with E-state index in [4.69, 9.17) is 0 Å². The summed E-state index contributed by atoms with van der Waals surface area (Å²) >= 11 is 0. The molecule has 0 aliphatic carbocycles. The Morgan fingerprint density at radius 3 is 2.86 bits per heavy atom. The molecule has 0 radical (unpaired) electrons. The summed E-state index contributed by atoms with van der Waals surface area (Å²) in [6.07, 6.45) is 4.21. The predicted octanol–water partition coefficient (Wildman–Crippen LogP) is 2.22. The lowest BCUT2D eigenvalue weighted by atomic mass is 9.90. The van der Waals surface area contributed by atoms with Crippen molar-refractivity contribution in [3.63, 3.8) is 0 Å². The van der Waals surface area contributed by atoms with Gasteiger partial charge in [0, 0.05) is 18.9 Å². The predicted molar refractivity (Wildman–Crippen MR) is 86.0 cm³/mol. The largest absolute Gasteiger partial charge is 0.353 e. The van der Waals surface area contributed by atoms with Gasteiger partial charge in [0.05, 0.1) is 18.7 Å². The standard InChI is InChI=1S/C17H26N4O/c1-13(2)17(3,12-18)19-16(22)11-21-10-6-8-15(21)14-7-5-9-20(14)4/h5,7,9,13,15H,6,8,10-11H2,1-4H3,(H,19,22)/t15-,17+/m1/s1. The van der Waals surface area contributed by atoms with Crippen LogP contribution in [0.15, 0.2) is 18.3 Å². The quantitative estimate of drug-likeness (QED) is 0.907. The molecule has 1 saturated heterocycles. The molecule has 2 heterocycles. The van der Waals surface area contributed by atoms with Crippen LogP contribution in [0.25, 0.3) is 0 Å². The second-order valence-corrected chi connectivity index (χ2v) is 6.69. The van der Waals surface area contributed by atoms with Crippen LogP contribution >= 0.6 is 0 Å². The van der Waals surface area contributed by atoms with Gasteiger partial charge in [-0.05, 0) is 44.4 Å². The van der Waals surface area contributed by atoms with Crippen molar-refractivity contribution in [1.82, 2.24) is 14.8 Å². The van der Waals surface area contributed by atoms with E-state index in [9.17, 15) is 10.1 Å². The van der Waals surface area contributed by atoms with Crippen LogP contribution in [0.1, 0.15) is 45.3 Å². The molecule has 0 aromatic carbocycles. The molecule has 1 aliphatic rings.